The van der Waals surface area contributed by atoms with E-state index in [0.717, 1.165) is 4.90 Å². The van der Waals surface area contributed by atoms with E-state index in [1.807, 2.05) is 12.3 Å². The zero-order chi connectivity index (χ0) is 20.5. The first kappa shape index (κ1) is 19.0. The summed E-state index contributed by atoms with van der Waals surface area (Å²) in [4.78, 5) is 1.04. The molecular weight excluding hydrogens is 358 g/mol. The molecule has 1 aliphatic rings. The average Bonchev–Trinajstić information content (AvgIpc) is 2.66. The summed E-state index contributed by atoms with van der Waals surface area (Å²) in [6.07, 6.45) is 0.805. The molecule has 8 heteroatoms. The van der Waals surface area contributed by atoms with E-state index in [1.165, 1.54) is 12.1 Å². The molecule has 0 fully saturated rings. The Kier molecular flexibility index (Phi) is 4.83. The van der Waals surface area contributed by atoms with E-state index in [2.05, 4.69) is 5.32 Å². The van der Waals surface area contributed by atoms with Crippen LogP contribution in [0.2, 0.25) is 0 Å². The van der Waals surface area contributed by atoms with Crippen molar-refractivity contribution < 1.29 is 14.9 Å². The molecule has 3 rings (SSSR count). The SMILES string of the molecule is CC1(C)Oc2ccc(C#N)cc2C(N(C#N)C(=N)Nc2ccc(O)cc2)C1O. The van der Waals surface area contributed by atoms with Crippen LogP contribution >= 0.6 is 0 Å². The third-order valence-corrected chi connectivity index (χ3v) is 4.60. The second kappa shape index (κ2) is 7.10. The van der Waals surface area contributed by atoms with Crippen molar-refractivity contribution in [1.29, 1.82) is 15.9 Å². The number of nitriles is 2. The Morgan fingerprint density at radius 3 is 2.50 bits per heavy atom. The summed E-state index contributed by atoms with van der Waals surface area (Å²) in [7, 11) is 0. The summed E-state index contributed by atoms with van der Waals surface area (Å²) in [6, 6.07) is 11.9. The zero-order valence-corrected chi connectivity index (χ0v) is 15.3. The van der Waals surface area contributed by atoms with Gasteiger partial charge >= 0.3 is 0 Å². The van der Waals surface area contributed by atoms with Gasteiger partial charge in [-0.1, -0.05) is 0 Å². The van der Waals surface area contributed by atoms with Crippen LogP contribution in [0.15, 0.2) is 42.5 Å². The topological polar surface area (TPSA) is 136 Å². The highest BCUT2D eigenvalue weighted by atomic mass is 16.5. The molecule has 2 unspecified atom stereocenters. The number of nitrogens with one attached hydrogen (secondary N) is 2. The molecular formula is C20H19N5O3. The maximum atomic E-state index is 10.9. The lowest BCUT2D eigenvalue weighted by Gasteiger charge is -2.44. The lowest BCUT2D eigenvalue weighted by molar-refractivity contribution is -0.0750. The van der Waals surface area contributed by atoms with Gasteiger partial charge < -0.3 is 20.3 Å². The Morgan fingerprint density at radius 2 is 1.89 bits per heavy atom. The van der Waals surface area contributed by atoms with E-state index in [-0.39, 0.29) is 11.7 Å². The fourth-order valence-corrected chi connectivity index (χ4v) is 3.11. The molecule has 0 radical (unpaired) electrons. The van der Waals surface area contributed by atoms with Crippen molar-refractivity contribution in [3.63, 3.8) is 0 Å². The van der Waals surface area contributed by atoms with E-state index in [4.69, 9.17) is 10.1 Å². The van der Waals surface area contributed by atoms with Crippen molar-refractivity contribution in [3.8, 4) is 23.8 Å². The molecule has 2 aromatic rings. The Morgan fingerprint density at radius 1 is 1.21 bits per heavy atom. The minimum atomic E-state index is -1.14. The number of hydrogen-bond acceptors (Lipinski definition) is 6. The van der Waals surface area contributed by atoms with Crippen LogP contribution in [-0.4, -0.2) is 32.8 Å². The number of aromatic hydroxyl groups is 1. The number of anilines is 1. The van der Waals surface area contributed by atoms with E-state index >= 15 is 0 Å². The quantitative estimate of drug-likeness (QED) is 0.208. The molecule has 0 amide bonds. The van der Waals surface area contributed by atoms with Crippen LogP contribution in [0.5, 0.6) is 11.5 Å². The number of nitrogens with zero attached hydrogens (tertiary/aromatic N) is 3. The van der Waals surface area contributed by atoms with Crippen LogP contribution in [0.25, 0.3) is 0 Å². The predicted molar refractivity (Wildman–Crippen MR) is 102 cm³/mol. The number of aliphatic hydroxyl groups excluding tert-OH is 1. The monoisotopic (exact) mass is 377 g/mol. The molecule has 0 saturated carbocycles. The number of hydrogen-bond donors (Lipinski definition) is 4. The molecule has 4 N–H and O–H groups in total. The molecule has 0 bridgehead atoms. The molecule has 0 aliphatic carbocycles. The van der Waals surface area contributed by atoms with Gasteiger partial charge in [-0.25, -0.2) is 4.90 Å². The van der Waals surface area contributed by atoms with Gasteiger partial charge in [0.2, 0.25) is 5.96 Å². The number of phenols is 1. The van der Waals surface area contributed by atoms with Gasteiger partial charge in [-0.2, -0.15) is 10.5 Å². The number of fused-ring (bicyclic) bond motifs is 1. The summed E-state index contributed by atoms with van der Waals surface area (Å²) in [5.41, 5.74) is 0.287. The minimum absolute atomic E-state index is 0.0776. The maximum absolute atomic E-state index is 10.9. The van der Waals surface area contributed by atoms with Crippen LogP contribution in [0.3, 0.4) is 0 Å². The Labute approximate surface area is 162 Å². The minimum Gasteiger partial charge on any atom is -0.508 e. The summed E-state index contributed by atoms with van der Waals surface area (Å²) >= 11 is 0. The van der Waals surface area contributed by atoms with Gasteiger partial charge in [0, 0.05) is 11.3 Å². The van der Waals surface area contributed by atoms with Gasteiger partial charge in [0.05, 0.1) is 11.6 Å². The number of guanidine groups is 1. The Bertz CT molecular complexity index is 988. The molecule has 0 spiro atoms. The van der Waals surface area contributed by atoms with Gasteiger partial charge in [0.1, 0.15) is 29.2 Å². The molecule has 8 nitrogen and oxygen atoms in total. The summed E-state index contributed by atoms with van der Waals surface area (Å²) in [6.45, 7) is 3.39. The summed E-state index contributed by atoms with van der Waals surface area (Å²) < 4.78 is 5.85. The number of benzene rings is 2. The van der Waals surface area contributed by atoms with Crippen LogP contribution in [0, 0.1) is 28.2 Å². The van der Waals surface area contributed by atoms with Crippen molar-refractivity contribution in [2.24, 2.45) is 0 Å². The second-order valence-electron chi connectivity index (χ2n) is 6.95. The standard InChI is InChI=1S/C20H19N5O3/c1-20(2)18(27)17(15-9-12(10-21)3-8-16(15)28-20)25(11-22)19(23)24-13-4-6-14(26)7-5-13/h3-9,17-18,26-27H,1-2H3,(H2,23,24). The average molecular weight is 377 g/mol. The fraction of sp³-hybridized carbons (Fsp3) is 0.250. The van der Waals surface area contributed by atoms with Crippen molar-refractivity contribution in [3.05, 3.63) is 53.6 Å². The maximum Gasteiger partial charge on any atom is 0.209 e. The smallest absolute Gasteiger partial charge is 0.209 e. The van der Waals surface area contributed by atoms with Crippen molar-refractivity contribution in [2.45, 2.75) is 31.6 Å². The first-order chi connectivity index (χ1) is 13.3. The van der Waals surface area contributed by atoms with Crippen molar-refractivity contribution in [2.75, 3.05) is 5.32 Å². The van der Waals surface area contributed by atoms with Gasteiger partial charge in [-0.05, 0) is 56.3 Å². The van der Waals surface area contributed by atoms with Crippen molar-refractivity contribution in [1.82, 2.24) is 4.90 Å². The van der Waals surface area contributed by atoms with E-state index in [9.17, 15) is 20.7 Å². The number of aliphatic hydroxyl groups is 1. The Hall–Kier alpha value is -3.75. The number of ether oxygens (including phenoxy) is 1. The van der Waals surface area contributed by atoms with Crippen LogP contribution in [0.1, 0.15) is 31.0 Å². The highest BCUT2D eigenvalue weighted by Gasteiger charge is 2.46. The van der Waals surface area contributed by atoms with Gasteiger partial charge in [0.15, 0.2) is 6.19 Å². The molecule has 28 heavy (non-hydrogen) atoms. The molecule has 142 valence electrons. The molecule has 2 aromatic carbocycles. The summed E-state index contributed by atoms with van der Waals surface area (Å²) in [5, 5.41) is 50.4. The third kappa shape index (κ3) is 3.41. The van der Waals surface area contributed by atoms with Gasteiger partial charge in [-0.15, -0.1) is 0 Å². The third-order valence-electron chi connectivity index (χ3n) is 4.60. The van der Waals surface area contributed by atoms with Gasteiger partial charge in [0.25, 0.3) is 0 Å². The lowest BCUT2D eigenvalue weighted by Crippen LogP contribution is -2.54. The fourth-order valence-electron chi connectivity index (χ4n) is 3.11. The summed E-state index contributed by atoms with van der Waals surface area (Å²) in [5.74, 6) is 0.258. The van der Waals surface area contributed by atoms with Crippen molar-refractivity contribution >= 4 is 11.6 Å². The first-order valence-corrected chi connectivity index (χ1v) is 8.51. The predicted octanol–water partition coefficient (Wildman–Crippen LogP) is 2.67. The Balaban J connectivity index is 2.00. The first-order valence-electron chi connectivity index (χ1n) is 8.51. The number of rotatable bonds is 2. The van der Waals surface area contributed by atoms with E-state index in [1.54, 1.807) is 44.2 Å². The zero-order valence-electron chi connectivity index (χ0n) is 15.3. The largest absolute Gasteiger partial charge is 0.508 e. The van der Waals surface area contributed by atoms with Crippen LogP contribution in [-0.2, 0) is 0 Å². The van der Waals surface area contributed by atoms with Crippen LogP contribution < -0.4 is 10.1 Å². The number of phenolic OH excluding ortho intramolecular Hbond substituents is 1. The highest BCUT2D eigenvalue weighted by molar-refractivity contribution is 5.92. The lowest BCUT2D eigenvalue weighted by atomic mass is 9.85. The highest BCUT2D eigenvalue weighted by Crippen LogP contribution is 2.43. The van der Waals surface area contributed by atoms with Crippen LogP contribution in [0.4, 0.5) is 5.69 Å². The van der Waals surface area contributed by atoms with Gasteiger partial charge in [-0.3, -0.25) is 5.41 Å². The molecule has 0 saturated heterocycles. The van der Waals surface area contributed by atoms with E-state index < -0.39 is 17.7 Å². The molecule has 0 aromatic heterocycles. The molecule has 1 aliphatic heterocycles. The molecule has 1 heterocycles. The normalized spacial score (nSPS) is 19.3. The second-order valence-corrected chi connectivity index (χ2v) is 6.95. The van der Waals surface area contributed by atoms with E-state index in [0.29, 0.717) is 22.6 Å². The molecule has 2 atom stereocenters.